The van der Waals surface area contributed by atoms with E-state index in [1.807, 2.05) is 0 Å². The summed E-state index contributed by atoms with van der Waals surface area (Å²) in [5, 5.41) is 9.23. The van der Waals surface area contributed by atoms with Crippen LogP contribution in [0, 0.1) is 30.6 Å². The van der Waals surface area contributed by atoms with Gasteiger partial charge in [-0.25, -0.2) is 0 Å². The predicted molar refractivity (Wildman–Crippen MR) is 99.1 cm³/mol. The third-order valence-corrected chi connectivity index (χ3v) is 7.61. The van der Waals surface area contributed by atoms with Gasteiger partial charge in [-0.05, 0) is 85.8 Å². The fraction of sp³-hybridized carbons (Fsp3) is 0.636. The number of carbonyl (C=O) groups excluding carboxylic acids is 1. The molecule has 0 spiro atoms. The lowest BCUT2D eigenvalue weighted by molar-refractivity contribution is -0.141. The van der Waals surface area contributed by atoms with Crippen molar-refractivity contribution < 1.29 is 14.7 Å². The van der Waals surface area contributed by atoms with Crippen LogP contribution in [-0.2, 0) is 15.0 Å². The molecule has 0 aromatic heterocycles. The molecule has 138 valence electrons. The Hall–Kier alpha value is -1.84. The van der Waals surface area contributed by atoms with Crippen LogP contribution in [0.15, 0.2) is 18.2 Å². The molecule has 4 bridgehead atoms. The highest BCUT2D eigenvalue weighted by Gasteiger charge is 2.51. The number of benzene rings is 1. The van der Waals surface area contributed by atoms with Crippen LogP contribution < -0.4 is 4.90 Å². The second-order valence-corrected chi connectivity index (χ2v) is 9.44. The molecular weight excluding hydrogens is 326 g/mol. The lowest BCUT2D eigenvalue weighted by Crippen LogP contribution is -2.48. The molecule has 0 radical (unpaired) electrons. The van der Waals surface area contributed by atoms with E-state index in [2.05, 4.69) is 25.1 Å². The summed E-state index contributed by atoms with van der Waals surface area (Å²) in [6.45, 7) is 2.37. The van der Waals surface area contributed by atoms with Gasteiger partial charge in [-0.2, -0.15) is 0 Å². The van der Waals surface area contributed by atoms with Crippen LogP contribution >= 0.6 is 0 Å². The average molecular weight is 353 g/mol. The van der Waals surface area contributed by atoms with Gasteiger partial charge in [0, 0.05) is 18.7 Å². The van der Waals surface area contributed by atoms with Crippen molar-refractivity contribution in [3.05, 3.63) is 29.3 Å². The lowest BCUT2D eigenvalue weighted by atomic mass is 9.48. The minimum Gasteiger partial charge on any atom is -0.481 e. The van der Waals surface area contributed by atoms with Crippen molar-refractivity contribution in [3.8, 4) is 0 Å². The summed E-state index contributed by atoms with van der Waals surface area (Å²) in [7, 11) is 0. The molecule has 1 aliphatic heterocycles. The second kappa shape index (κ2) is 5.58. The highest BCUT2D eigenvalue weighted by molar-refractivity contribution is 5.99. The van der Waals surface area contributed by atoms with E-state index in [4.69, 9.17) is 0 Å². The summed E-state index contributed by atoms with van der Waals surface area (Å²) in [6.07, 6.45) is 8.44. The van der Waals surface area contributed by atoms with Crippen LogP contribution in [0.2, 0.25) is 0 Å². The minimum absolute atomic E-state index is 0.0666. The van der Waals surface area contributed by atoms with Crippen molar-refractivity contribution in [2.24, 2.45) is 23.7 Å². The summed E-state index contributed by atoms with van der Waals surface area (Å²) in [5.74, 6) is 1.23. The number of anilines is 1. The Morgan fingerprint density at radius 1 is 1.12 bits per heavy atom. The Bertz CT molecular complexity index is 748. The number of carbonyl (C=O) groups is 2. The fourth-order valence-corrected chi connectivity index (χ4v) is 6.86. The van der Waals surface area contributed by atoms with Gasteiger partial charge in [0.1, 0.15) is 0 Å². The van der Waals surface area contributed by atoms with E-state index < -0.39 is 11.9 Å². The van der Waals surface area contributed by atoms with Crippen LogP contribution in [0.4, 0.5) is 5.69 Å². The first-order valence-corrected chi connectivity index (χ1v) is 10.1. The number of hydrogen-bond acceptors (Lipinski definition) is 2. The smallest absolute Gasteiger partial charge is 0.308 e. The standard InChI is InChI=1S/C22H27NO3/c1-13-4-18(22-9-14-5-15(10-22)7-16(6-14)11-22)2-3-19(13)23-12-17(21(25)26)8-20(23)24/h2-4,14-17H,5-12H2,1H3,(H,25,26)/t14?,15?,16?,17-,22?/m1/s1. The van der Waals surface area contributed by atoms with Crippen molar-refractivity contribution >= 4 is 17.6 Å². The quantitative estimate of drug-likeness (QED) is 0.896. The van der Waals surface area contributed by atoms with Crippen LogP contribution in [-0.4, -0.2) is 23.5 Å². The number of amides is 1. The Labute approximate surface area is 154 Å². The minimum atomic E-state index is -0.872. The van der Waals surface area contributed by atoms with Crippen LogP contribution in [0.3, 0.4) is 0 Å². The topological polar surface area (TPSA) is 57.6 Å². The van der Waals surface area contributed by atoms with Crippen LogP contribution in [0.5, 0.6) is 0 Å². The third-order valence-electron chi connectivity index (χ3n) is 7.61. The van der Waals surface area contributed by atoms with Crippen molar-refractivity contribution in [1.29, 1.82) is 0 Å². The van der Waals surface area contributed by atoms with Gasteiger partial charge in [0.2, 0.25) is 5.91 Å². The fourth-order valence-electron chi connectivity index (χ4n) is 6.86. The van der Waals surface area contributed by atoms with E-state index in [9.17, 15) is 14.7 Å². The number of hydrogen-bond donors (Lipinski definition) is 1. The van der Waals surface area contributed by atoms with Crippen molar-refractivity contribution in [1.82, 2.24) is 0 Å². The number of carboxylic acids is 1. The molecule has 4 saturated carbocycles. The van der Waals surface area contributed by atoms with E-state index in [0.29, 0.717) is 12.0 Å². The third kappa shape index (κ3) is 2.41. The first-order chi connectivity index (χ1) is 12.4. The highest BCUT2D eigenvalue weighted by Crippen LogP contribution is 2.60. The molecular formula is C22H27NO3. The largest absolute Gasteiger partial charge is 0.481 e. The maximum atomic E-state index is 12.3. The van der Waals surface area contributed by atoms with Gasteiger partial charge in [0.15, 0.2) is 0 Å². The van der Waals surface area contributed by atoms with Gasteiger partial charge in [0.25, 0.3) is 0 Å². The molecule has 1 aromatic carbocycles. The molecule has 0 unspecified atom stereocenters. The zero-order chi connectivity index (χ0) is 18.1. The SMILES string of the molecule is Cc1cc(C23CC4CC(CC(C4)C2)C3)ccc1N1C[C@H](C(=O)O)CC1=O. The number of aliphatic carboxylic acids is 1. The van der Waals surface area contributed by atoms with Gasteiger partial charge >= 0.3 is 5.97 Å². The highest BCUT2D eigenvalue weighted by atomic mass is 16.4. The predicted octanol–water partition coefficient (Wildman–Crippen LogP) is 3.90. The summed E-state index contributed by atoms with van der Waals surface area (Å²) in [6, 6.07) is 6.60. The molecule has 1 amide bonds. The zero-order valence-corrected chi connectivity index (χ0v) is 15.4. The summed E-state index contributed by atoms with van der Waals surface area (Å²) in [4.78, 5) is 25.2. The van der Waals surface area contributed by atoms with Crippen molar-refractivity contribution in [3.63, 3.8) is 0 Å². The molecule has 4 nitrogen and oxygen atoms in total. The molecule has 1 atom stereocenters. The van der Waals surface area contributed by atoms with Crippen molar-refractivity contribution in [2.75, 3.05) is 11.4 Å². The molecule has 26 heavy (non-hydrogen) atoms. The van der Waals surface area contributed by atoms with Crippen LogP contribution in [0.1, 0.15) is 56.1 Å². The molecule has 1 N–H and O–H groups in total. The number of aryl methyl sites for hydroxylation is 1. The number of rotatable bonds is 3. The Morgan fingerprint density at radius 3 is 2.23 bits per heavy atom. The molecule has 6 rings (SSSR count). The van der Waals surface area contributed by atoms with Gasteiger partial charge in [-0.15, -0.1) is 0 Å². The van der Waals surface area contributed by atoms with Crippen LogP contribution in [0.25, 0.3) is 0 Å². The van der Waals surface area contributed by atoms with E-state index in [1.54, 1.807) is 4.90 Å². The molecule has 4 aliphatic carbocycles. The first kappa shape index (κ1) is 16.3. The number of nitrogens with zero attached hydrogens (tertiary/aromatic N) is 1. The molecule has 5 fully saturated rings. The van der Waals surface area contributed by atoms with Gasteiger partial charge < -0.3 is 10.0 Å². The number of carboxylic acid groups (broad SMARTS) is 1. The maximum Gasteiger partial charge on any atom is 0.308 e. The average Bonchev–Trinajstić information content (AvgIpc) is 2.95. The normalized spacial score (nSPS) is 38.2. The summed E-state index contributed by atoms with van der Waals surface area (Å²) in [5.41, 5.74) is 3.82. The summed E-state index contributed by atoms with van der Waals surface area (Å²) < 4.78 is 0. The van der Waals surface area contributed by atoms with E-state index in [1.165, 1.54) is 44.1 Å². The van der Waals surface area contributed by atoms with E-state index in [-0.39, 0.29) is 12.3 Å². The molecule has 5 aliphatic rings. The Balaban J connectivity index is 1.44. The molecule has 1 aromatic rings. The molecule has 4 heteroatoms. The Morgan fingerprint density at radius 2 is 1.73 bits per heavy atom. The van der Waals surface area contributed by atoms with Crippen molar-refractivity contribution in [2.45, 2.75) is 57.3 Å². The first-order valence-electron chi connectivity index (χ1n) is 10.1. The second-order valence-electron chi connectivity index (χ2n) is 9.44. The zero-order valence-electron chi connectivity index (χ0n) is 15.4. The lowest BCUT2D eigenvalue weighted by Gasteiger charge is -2.57. The van der Waals surface area contributed by atoms with E-state index >= 15 is 0 Å². The van der Waals surface area contributed by atoms with Gasteiger partial charge in [-0.1, -0.05) is 12.1 Å². The molecule has 1 saturated heterocycles. The monoisotopic (exact) mass is 353 g/mol. The maximum absolute atomic E-state index is 12.3. The van der Waals surface area contributed by atoms with E-state index in [0.717, 1.165) is 29.0 Å². The summed E-state index contributed by atoms with van der Waals surface area (Å²) >= 11 is 0. The Kier molecular flexibility index (Phi) is 3.51. The molecule has 1 heterocycles. The van der Waals surface area contributed by atoms with Gasteiger partial charge in [0.05, 0.1) is 5.92 Å². The van der Waals surface area contributed by atoms with Gasteiger partial charge in [-0.3, -0.25) is 9.59 Å².